The summed E-state index contributed by atoms with van der Waals surface area (Å²) >= 11 is 0. The second-order valence-electron chi connectivity index (χ2n) is 5.41. The van der Waals surface area contributed by atoms with Crippen LogP contribution in [-0.2, 0) is 5.60 Å². The van der Waals surface area contributed by atoms with Crippen LogP contribution in [0, 0.1) is 5.92 Å². The van der Waals surface area contributed by atoms with Crippen molar-refractivity contribution < 1.29 is 5.11 Å². The van der Waals surface area contributed by atoms with Gasteiger partial charge in [-0.25, -0.2) is 0 Å². The zero-order valence-corrected chi connectivity index (χ0v) is 11.8. The third-order valence-electron chi connectivity index (χ3n) is 4.12. The molecular formula is C18H24O. The normalized spacial score (nSPS) is 20.9. The Hall–Kier alpha value is -1.34. The van der Waals surface area contributed by atoms with E-state index >= 15 is 0 Å². The summed E-state index contributed by atoms with van der Waals surface area (Å²) in [6.07, 6.45) is 13.9. The lowest BCUT2D eigenvalue weighted by Gasteiger charge is -2.36. The van der Waals surface area contributed by atoms with Crippen LogP contribution >= 0.6 is 0 Å². The molecule has 1 aliphatic rings. The average molecular weight is 256 g/mol. The van der Waals surface area contributed by atoms with Gasteiger partial charge < -0.3 is 5.11 Å². The van der Waals surface area contributed by atoms with Crippen molar-refractivity contribution in [3.8, 4) is 0 Å². The van der Waals surface area contributed by atoms with E-state index in [0.717, 1.165) is 18.4 Å². The van der Waals surface area contributed by atoms with Crippen molar-refractivity contribution >= 4 is 0 Å². The van der Waals surface area contributed by atoms with Crippen LogP contribution in [0.25, 0.3) is 0 Å². The minimum atomic E-state index is -0.818. The second kappa shape index (κ2) is 6.72. The molecule has 0 spiro atoms. The van der Waals surface area contributed by atoms with Gasteiger partial charge in [-0.15, -0.1) is 0 Å². The highest BCUT2D eigenvalue weighted by Crippen LogP contribution is 2.40. The third kappa shape index (κ3) is 3.36. The van der Waals surface area contributed by atoms with E-state index in [1.165, 1.54) is 19.3 Å². The minimum Gasteiger partial charge on any atom is -0.381 e. The Morgan fingerprint density at radius 3 is 2.37 bits per heavy atom. The molecule has 1 heteroatoms. The predicted molar refractivity (Wildman–Crippen MR) is 80.9 cm³/mol. The van der Waals surface area contributed by atoms with Gasteiger partial charge in [0.05, 0.1) is 0 Å². The molecule has 2 rings (SSSR count). The van der Waals surface area contributed by atoms with Crippen molar-refractivity contribution in [3.63, 3.8) is 0 Å². The molecule has 0 heterocycles. The van der Waals surface area contributed by atoms with E-state index < -0.39 is 5.60 Å². The summed E-state index contributed by atoms with van der Waals surface area (Å²) in [6, 6.07) is 10.1. The van der Waals surface area contributed by atoms with Crippen molar-refractivity contribution in [2.75, 3.05) is 0 Å². The Morgan fingerprint density at radius 1 is 1.05 bits per heavy atom. The number of hydrogen-bond donors (Lipinski definition) is 1. The van der Waals surface area contributed by atoms with Crippen molar-refractivity contribution in [3.05, 3.63) is 60.2 Å². The predicted octanol–water partition coefficient (Wildman–Crippen LogP) is 4.59. The molecule has 1 saturated carbocycles. The van der Waals surface area contributed by atoms with Gasteiger partial charge in [-0.2, -0.15) is 0 Å². The standard InChI is InChI=1S/C18H24O/c1-2-3-10-15-18(19,16-11-6-4-7-12-16)17-13-8-5-9-14-17/h2-4,6-7,10-12,15,17,19H,5,8-9,13-14H2,1H3/b3-2+,15-10+/t18-/m1/s1. The lowest BCUT2D eigenvalue weighted by molar-refractivity contribution is 0.00661. The maximum atomic E-state index is 11.2. The van der Waals surface area contributed by atoms with Gasteiger partial charge in [0.2, 0.25) is 0 Å². The van der Waals surface area contributed by atoms with E-state index in [0.29, 0.717) is 5.92 Å². The van der Waals surface area contributed by atoms with Crippen LogP contribution < -0.4 is 0 Å². The van der Waals surface area contributed by atoms with E-state index in [2.05, 4.69) is 0 Å². The molecule has 1 aliphatic carbocycles. The van der Waals surface area contributed by atoms with Gasteiger partial charge in [-0.1, -0.05) is 67.8 Å². The topological polar surface area (TPSA) is 20.2 Å². The molecule has 0 amide bonds. The molecule has 0 bridgehead atoms. The highest BCUT2D eigenvalue weighted by Gasteiger charge is 2.36. The maximum Gasteiger partial charge on any atom is 0.111 e. The fourth-order valence-electron chi connectivity index (χ4n) is 3.03. The van der Waals surface area contributed by atoms with E-state index in [4.69, 9.17) is 0 Å². The van der Waals surface area contributed by atoms with Gasteiger partial charge in [-0.3, -0.25) is 0 Å². The first kappa shape index (κ1) is 14.1. The largest absolute Gasteiger partial charge is 0.381 e. The monoisotopic (exact) mass is 256 g/mol. The van der Waals surface area contributed by atoms with Gasteiger partial charge in [0.15, 0.2) is 0 Å². The molecule has 0 radical (unpaired) electrons. The van der Waals surface area contributed by atoms with Gasteiger partial charge in [0, 0.05) is 0 Å². The van der Waals surface area contributed by atoms with Crippen LogP contribution in [0.1, 0.15) is 44.6 Å². The Labute approximate surface area is 116 Å². The van der Waals surface area contributed by atoms with Gasteiger partial charge in [0.1, 0.15) is 5.60 Å². The van der Waals surface area contributed by atoms with Crippen molar-refractivity contribution in [2.24, 2.45) is 5.92 Å². The number of aliphatic hydroxyl groups is 1. The third-order valence-corrected chi connectivity index (χ3v) is 4.12. The maximum absolute atomic E-state index is 11.2. The summed E-state index contributed by atoms with van der Waals surface area (Å²) in [6.45, 7) is 1.99. The molecule has 0 aromatic heterocycles. The van der Waals surface area contributed by atoms with Crippen molar-refractivity contribution in [1.82, 2.24) is 0 Å². The second-order valence-corrected chi connectivity index (χ2v) is 5.41. The minimum absolute atomic E-state index is 0.338. The summed E-state index contributed by atoms with van der Waals surface area (Å²) in [7, 11) is 0. The van der Waals surface area contributed by atoms with Gasteiger partial charge in [-0.05, 0) is 37.3 Å². The van der Waals surface area contributed by atoms with Crippen LogP contribution in [0.4, 0.5) is 0 Å². The number of rotatable bonds is 4. The molecule has 19 heavy (non-hydrogen) atoms. The Kier molecular flexibility index (Phi) is 4.98. The Bertz CT molecular complexity index is 426. The summed E-state index contributed by atoms with van der Waals surface area (Å²) < 4.78 is 0. The lowest BCUT2D eigenvalue weighted by atomic mass is 9.73. The zero-order chi connectivity index (χ0) is 13.6. The van der Waals surface area contributed by atoms with Crippen LogP contribution in [-0.4, -0.2) is 5.11 Å². The Balaban J connectivity index is 2.31. The summed E-state index contributed by atoms with van der Waals surface area (Å²) in [5.74, 6) is 0.338. The first-order valence-electron chi connectivity index (χ1n) is 7.36. The fourth-order valence-corrected chi connectivity index (χ4v) is 3.03. The molecule has 1 fully saturated rings. The number of benzene rings is 1. The fraction of sp³-hybridized carbons (Fsp3) is 0.444. The summed E-state index contributed by atoms with van der Waals surface area (Å²) in [4.78, 5) is 0. The molecule has 1 N–H and O–H groups in total. The first-order chi connectivity index (χ1) is 9.27. The molecule has 102 valence electrons. The first-order valence-corrected chi connectivity index (χ1v) is 7.36. The van der Waals surface area contributed by atoms with Crippen LogP contribution in [0.2, 0.25) is 0 Å². The molecule has 0 unspecified atom stereocenters. The SMILES string of the molecule is C/C=C/C=C/[C@@](O)(c1ccccc1)C1CCCCC1. The van der Waals surface area contributed by atoms with Crippen molar-refractivity contribution in [1.29, 1.82) is 0 Å². The smallest absolute Gasteiger partial charge is 0.111 e. The quantitative estimate of drug-likeness (QED) is 0.781. The molecule has 1 nitrogen and oxygen atoms in total. The van der Waals surface area contributed by atoms with E-state index in [-0.39, 0.29) is 0 Å². The van der Waals surface area contributed by atoms with Crippen molar-refractivity contribution in [2.45, 2.75) is 44.6 Å². The zero-order valence-electron chi connectivity index (χ0n) is 11.8. The van der Waals surface area contributed by atoms with E-state index in [1.54, 1.807) is 0 Å². The lowest BCUT2D eigenvalue weighted by Crippen LogP contribution is -2.34. The highest BCUT2D eigenvalue weighted by atomic mass is 16.3. The molecule has 1 aromatic rings. The van der Waals surface area contributed by atoms with Crippen LogP contribution in [0.3, 0.4) is 0 Å². The molecule has 0 saturated heterocycles. The molecular weight excluding hydrogens is 232 g/mol. The average Bonchev–Trinajstić information content (AvgIpc) is 2.49. The van der Waals surface area contributed by atoms with Gasteiger partial charge >= 0.3 is 0 Å². The molecule has 1 atom stereocenters. The van der Waals surface area contributed by atoms with E-state index in [9.17, 15) is 5.11 Å². The highest BCUT2D eigenvalue weighted by molar-refractivity contribution is 5.29. The molecule has 0 aliphatic heterocycles. The van der Waals surface area contributed by atoms with Crippen LogP contribution in [0.15, 0.2) is 54.6 Å². The summed E-state index contributed by atoms with van der Waals surface area (Å²) in [5.41, 5.74) is 0.198. The molecule has 1 aromatic carbocycles. The van der Waals surface area contributed by atoms with E-state index in [1.807, 2.05) is 61.6 Å². The summed E-state index contributed by atoms with van der Waals surface area (Å²) in [5, 5.41) is 11.2. The van der Waals surface area contributed by atoms with Gasteiger partial charge in [0.25, 0.3) is 0 Å². The number of allylic oxidation sites excluding steroid dienone is 3. The number of hydrogen-bond acceptors (Lipinski definition) is 1. The Morgan fingerprint density at radius 2 is 1.74 bits per heavy atom. The van der Waals surface area contributed by atoms with Crippen LogP contribution in [0.5, 0.6) is 0 Å².